The third kappa shape index (κ3) is 14.7. The third-order valence-electron chi connectivity index (χ3n) is 4.45. The summed E-state index contributed by atoms with van der Waals surface area (Å²) in [4.78, 5) is 2.48. The molecule has 2 unspecified atom stereocenters. The van der Waals surface area contributed by atoms with Crippen molar-refractivity contribution in [2.24, 2.45) is 11.8 Å². The summed E-state index contributed by atoms with van der Waals surface area (Å²) in [5.41, 5.74) is 0. The summed E-state index contributed by atoms with van der Waals surface area (Å²) in [6.07, 6.45) is 6.83. The fourth-order valence-electron chi connectivity index (χ4n) is 2.48. The Morgan fingerprint density at radius 2 is 1.64 bits per heavy atom. The summed E-state index contributed by atoms with van der Waals surface area (Å²) in [5.74, 6) is -0.664. The maximum absolute atomic E-state index is 11.5. The molecule has 0 radical (unpaired) electrons. The Bertz CT molecular complexity index is 236. The molecule has 0 amide bonds. The van der Waals surface area contributed by atoms with Crippen LogP contribution < -0.4 is 0 Å². The van der Waals surface area contributed by atoms with Gasteiger partial charge in [-0.3, -0.25) is 0 Å². The zero-order valence-corrected chi connectivity index (χ0v) is 16.4. The highest BCUT2D eigenvalue weighted by Gasteiger charge is 2.22. The van der Waals surface area contributed by atoms with Crippen molar-refractivity contribution in [1.82, 2.24) is 4.90 Å². The molecule has 22 heavy (non-hydrogen) atoms. The van der Waals surface area contributed by atoms with Crippen molar-refractivity contribution in [2.45, 2.75) is 99.0 Å². The second-order valence-corrected chi connectivity index (χ2v) is 7.16. The van der Waals surface area contributed by atoms with Gasteiger partial charge < -0.3 is 4.90 Å². The predicted molar refractivity (Wildman–Crippen MR) is 95.8 cm³/mol. The van der Waals surface area contributed by atoms with E-state index in [0.717, 1.165) is 24.8 Å². The minimum absolute atomic E-state index is 0.0625. The summed E-state index contributed by atoms with van der Waals surface area (Å²) in [7, 11) is 2.23. The summed E-state index contributed by atoms with van der Waals surface area (Å²) < 4.78 is 22.9. The molecule has 1 fully saturated rings. The van der Waals surface area contributed by atoms with E-state index in [1.165, 1.54) is 45.6 Å². The molecule has 1 heterocycles. The van der Waals surface area contributed by atoms with Crippen LogP contribution >= 0.6 is 0 Å². The summed E-state index contributed by atoms with van der Waals surface area (Å²) in [6.45, 7) is 15.1. The van der Waals surface area contributed by atoms with Crippen molar-refractivity contribution in [3.63, 3.8) is 0 Å². The van der Waals surface area contributed by atoms with Crippen LogP contribution in [-0.2, 0) is 0 Å². The van der Waals surface area contributed by atoms with Gasteiger partial charge in [0.05, 0.1) is 0 Å². The van der Waals surface area contributed by atoms with Gasteiger partial charge in [0, 0.05) is 12.5 Å². The second-order valence-electron chi connectivity index (χ2n) is 7.16. The van der Waals surface area contributed by atoms with E-state index in [0.29, 0.717) is 0 Å². The van der Waals surface area contributed by atoms with E-state index in [2.05, 4.69) is 46.6 Å². The number of hydrogen-bond acceptors (Lipinski definition) is 1. The number of rotatable bonds is 5. The zero-order chi connectivity index (χ0) is 17.8. The van der Waals surface area contributed by atoms with Gasteiger partial charge in [-0.05, 0) is 45.2 Å². The number of alkyl halides is 2. The molecule has 0 aromatic carbocycles. The van der Waals surface area contributed by atoms with Crippen LogP contribution in [0.4, 0.5) is 8.78 Å². The van der Waals surface area contributed by atoms with E-state index in [-0.39, 0.29) is 6.42 Å². The fraction of sp³-hybridized carbons (Fsp3) is 1.00. The van der Waals surface area contributed by atoms with Crippen LogP contribution in [0.5, 0.6) is 0 Å². The van der Waals surface area contributed by atoms with Gasteiger partial charge >= 0.3 is 0 Å². The fourth-order valence-corrected chi connectivity index (χ4v) is 2.48. The van der Waals surface area contributed by atoms with Crippen LogP contribution in [0.15, 0.2) is 0 Å². The Labute approximate surface area is 138 Å². The van der Waals surface area contributed by atoms with Gasteiger partial charge in [0.1, 0.15) is 0 Å². The second kappa shape index (κ2) is 13.3. The number of likely N-dealkylation sites (tertiary alicyclic amines) is 1. The van der Waals surface area contributed by atoms with Gasteiger partial charge in [-0.25, -0.2) is 8.78 Å². The molecule has 2 atom stereocenters. The van der Waals surface area contributed by atoms with Gasteiger partial charge in [0.2, 0.25) is 5.92 Å². The van der Waals surface area contributed by atoms with Crippen molar-refractivity contribution in [2.75, 3.05) is 13.6 Å². The monoisotopic (exact) mass is 321 g/mol. The lowest BCUT2D eigenvalue weighted by molar-refractivity contribution is 0.0181. The molecule has 1 aliphatic heterocycles. The molecule has 0 aromatic heterocycles. The van der Waals surface area contributed by atoms with E-state index in [4.69, 9.17) is 0 Å². The van der Waals surface area contributed by atoms with Crippen LogP contribution in [0.1, 0.15) is 87.0 Å². The molecule has 0 N–H and O–H groups in total. The highest BCUT2D eigenvalue weighted by molar-refractivity contribution is 4.78. The number of halogens is 2. The van der Waals surface area contributed by atoms with Crippen LogP contribution in [0, 0.1) is 11.8 Å². The Morgan fingerprint density at radius 1 is 1.14 bits per heavy atom. The molecular weight excluding hydrogens is 280 g/mol. The Hall–Kier alpha value is -0.180. The first-order valence-electron chi connectivity index (χ1n) is 9.16. The standard InChI is InChI=1S/C8H17N.C7H16.C4H8F2/c1-7(2)8-5-4-6-9(8)3;1-4-6-7(3)5-2;1-3-4(2,5)6/h7-8H,4-6H2,1-3H3;7H,4-6H2,1-3H3;3H2,1-2H3. The summed E-state index contributed by atoms with van der Waals surface area (Å²) in [5, 5.41) is 0. The van der Waals surface area contributed by atoms with Crippen LogP contribution in [0.25, 0.3) is 0 Å². The molecular formula is C19H41F2N. The lowest BCUT2D eigenvalue weighted by Gasteiger charge is -2.22. The van der Waals surface area contributed by atoms with Gasteiger partial charge in [-0.15, -0.1) is 0 Å². The summed E-state index contributed by atoms with van der Waals surface area (Å²) in [6, 6.07) is 0.866. The first kappa shape index (κ1) is 24.1. The molecule has 1 aliphatic rings. The molecule has 0 aromatic rings. The normalized spacial score (nSPS) is 20.0. The van der Waals surface area contributed by atoms with E-state index in [9.17, 15) is 8.78 Å². The van der Waals surface area contributed by atoms with Crippen LogP contribution in [0.2, 0.25) is 0 Å². The minimum atomic E-state index is -2.46. The molecule has 3 heteroatoms. The highest BCUT2D eigenvalue weighted by Crippen LogP contribution is 2.21. The zero-order valence-electron chi connectivity index (χ0n) is 16.4. The lowest BCUT2D eigenvalue weighted by Crippen LogP contribution is -2.29. The Morgan fingerprint density at radius 3 is 1.77 bits per heavy atom. The van der Waals surface area contributed by atoms with Gasteiger partial charge in [-0.1, -0.05) is 60.8 Å². The topological polar surface area (TPSA) is 3.24 Å². The van der Waals surface area contributed by atoms with Crippen molar-refractivity contribution in [1.29, 1.82) is 0 Å². The lowest BCUT2D eigenvalue weighted by atomic mass is 10.0. The van der Waals surface area contributed by atoms with E-state index < -0.39 is 5.92 Å². The van der Waals surface area contributed by atoms with Gasteiger partial charge in [-0.2, -0.15) is 0 Å². The minimum Gasteiger partial charge on any atom is -0.303 e. The smallest absolute Gasteiger partial charge is 0.245 e. The molecule has 0 aliphatic carbocycles. The van der Waals surface area contributed by atoms with Crippen LogP contribution in [-0.4, -0.2) is 30.5 Å². The van der Waals surface area contributed by atoms with Gasteiger partial charge in [0.15, 0.2) is 0 Å². The first-order valence-corrected chi connectivity index (χ1v) is 9.16. The molecule has 0 spiro atoms. The highest BCUT2D eigenvalue weighted by atomic mass is 19.3. The third-order valence-corrected chi connectivity index (χ3v) is 4.45. The van der Waals surface area contributed by atoms with Gasteiger partial charge in [0.25, 0.3) is 0 Å². The summed E-state index contributed by atoms with van der Waals surface area (Å²) >= 11 is 0. The van der Waals surface area contributed by atoms with Crippen molar-refractivity contribution < 1.29 is 8.78 Å². The molecule has 1 saturated heterocycles. The first-order chi connectivity index (χ1) is 10.1. The maximum atomic E-state index is 11.5. The maximum Gasteiger partial charge on any atom is 0.245 e. The quantitative estimate of drug-likeness (QED) is 0.550. The molecule has 0 saturated carbocycles. The molecule has 1 nitrogen and oxygen atoms in total. The van der Waals surface area contributed by atoms with Crippen molar-refractivity contribution in [3.05, 3.63) is 0 Å². The number of nitrogens with zero attached hydrogens (tertiary/aromatic N) is 1. The van der Waals surface area contributed by atoms with Crippen molar-refractivity contribution >= 4 is 0 Å². The molecule has 0 bridgehead atoms. The SMILES string of the molecule is CC(C)C1CCCN1C.CCC(C)(F)F.CCCC(C)CC. The largest absolute Gasteiger partial charge is 0.303 e. The van der Waals surface area contributed by atoms with Crippen molar-refractivity contribution in [3.8, 4) is 0 Å². The van der Waals surface area contributed by atoms with Crippen LogP contribution in [0.3, 0.4) is 0 Å². The average molecular weight is 322 g/mol. The van der Waals surface area contributed by atoms with E-state index >= 15 is 0 Å². The van der Waals surface area contributed by atoms with E-state index in [1.54, 1.807) is 0 Å². The Kier molecular flexibility index (Phi) is 14.5. The number of hydrogen-bond donors (Lipinski definition) is 0. The average Bonchev–Trinajstić information content (AvgIpc) is 2.86. The predicted octanol–water partition coefficient (Wildman–Crippen LogP) is 6.62. The molecule has 1 rings (SSSR count). The Balaban J connectivity index is 0. The van der Waals surface area contributed by atoms with E-state index in [1.807, 2.05) is 0 Å². The molecule has 136 valence electrons.